The molecule has 0 spiro atoms. The molecule has 0 amide bonds. The molecule has 5 nitrogen and oxygen atoms in total. The van der Waals surface area contributed by atoms with Crippen molar-refractivity contribution in [1.82, 2.24) is 20.5 Å². The second kappa shape index (κ2) is 10.9. The van der Waals surface area contributed by atoms with E-state index in [1.807, 2.05) is 18.4 Å². The number of aromatic nitrogens is 1. The van der Waals surface area contributed by atoms with Crippen molar-refractivity contribution < 1.29 is 0 Å². The number of aliphatic imine (C=N–C) groups is 1. The summed E-state index contributed by atoms with van der Waals surface area (Å²) in [5.74, 6) is 0.899. The molecule has 1 aromatic heterocycles. The van der Waals surface area contributed by atoms with Crippen molar-refractivity contribution >= 4 is 17.3 Å². The third-order valence-electron chi connectivity index (χ3n) is 4.96. The van der Waals surface area contributed by atoms with Crippen LogP contribution in [0.15, 0.2) is 4.99 Å². The number of nitrogens with one attached hydrogen (secondary N) is 2. The van der Waals surface area contributed by atoms with Gasteiger partial charge >= 0.3 is 0 Å². The zero-order valence-electron chi connectivity index (χ0n) is 17.3. The molecule has 0 radical (unpaired) electrons. The van der Waals surface area contributed by atoms with Gasteiger partial charge in [-0.15, -0.1) is 11.3 Å². The number of fused-ring (bicyclic) bond motifs is 1. The van der Waals surface area contributed by atoms with E-state index in [-0.39, 0.29) is 0 Å². The zero-order valence-corrected chi connectivity index (χ0v) is 18.1. The van der Waals surface area contributed by atoms with Crippen LogP contribution in [-0.2, 0) is 19.3 Å². The second-order valence-corrected chi connectivity index (χ2v) is 8.81. The summed E-state index contributed by atoms with van der Waals surface area (Å²) in [4.78, 5) is 13.2. The van der Waals surface area contributed by atoms with Crippen LogP contribution < -0.4 is 10.6 Å². The molecular weight excluding hydrogens is 342 g/mol. The number of aryl methyl sites for hydroxylation is 3. The number of guanidine groups is 1. The molecule has 2 rings (SSSR count). The SMILES string of the molecule is CN=C(NCCCc1nc2c(s1)CCCC2)NCCN(C(C)C)C(C)C. The smallest absolute Gasteiger partial charge is 0.191 e. The highest BCUT2D eigenvalue weighted by Crippen LogP contribution is 2.27. The molecule has 0 saturated heterocycles. The van der Waals surface area contributed by atoms with E-state index in [0.717, 1.165) is 38.4 Å². The van der Waals surface area contributed by atoms with Gasteiger partial charge in [-0.25, -0.2) is 4.98 Å². The average Bonchev–Trinajstić information content (AvgIpc) is 3.02. The third kappa shape index (κ3) is 6.54. The summed E-state index contributed by atoms with van der Waals surface area (Å²) < 4.78 is 0. The highest BCUT2D eigenvalue weighted by molar-refractivity contribution is 7.11. The molecule has 148 valence electrons. The summed E-state index contributed by atoms with van der Waals surface area (Å²) in [7, 11) is 1.84. The number of thiazole rings is 1. The van der Waals surface area contributed by atoms with Gasteiger partial charge in [0.25, 0.3) is 0 Å². The van der Waals surface area contributed by atoms with Crippen LogP contribution >= 0.6 is 11.3 Å². The monoisotopic (exact) mass is 379 g/mol. The van der Waals surface area contributed by atoms with Gasteiger partial charge in [-0.3, -0.25) is 9.89 Å². The molecule has 6 heteroatoms. The van der Waals surface area contributed by atoms with Crippen LogP contribution in [0, 0.1) is 0 Å². The summed E-state index contributed by atoms with van der Waals surface area (Å²) in [6, 6.07) is 1.13. The van der Waals surface area contributed by atoms with Crippen molar-refractivity contribution in [1.29, 1.82) is 0 Å². The predicted octanol–water partition coefficient (Wildman–Crippen LogP) is 3.24. The van der Waals surface area contributed by atoms with E-state index >= 15 is 0 Å². The molecule has 1 aliphatic carbocycles. The van der Waals surface area contributed by atoms with Gasteiger partial charge in [0.15, 0.2) is 5.96 Å². The van der Waals surface area contributed by atoms with Crippen molar-refractivity contribution in [2.75, 3.05) is 26.7 Å². The van der Waals surface area contributed by atoms with Gasteiger partial charge in [-0.2, -0.15) is 0 Å². The van der Waals surface area contributed by atoms with Crippen LogP contribution in [0.5, 0.6) is 0 Å². The van der Waals surface area contributed by atoms with E-state index in [1.165, 1.54) is 41.3 Å². The van der Waals surface area contributed by atoms with Crippen molar-refractivity contribution in [3.8, 4) is 0 Å². The predicted molar refractivity (Wildman–Crippen MR) is 113 cm³/mol. The van der Waals surface area contributed by atoms with Gasteiger partial charge < -0.3 is 10.6 Å². The normalized spacial score (nSPS) is 15.0. The molecule has 1 heterocycles. The molecule has 0 atom stereocenters. The summed E-state index contributed by atoms with van der Waals surface area (Å²) in [5.41, 5.74) is 1.38. The quantitative estimate of drug-likeness (QED) is 0.393. The zero-order chi connectivity index (χ0) is 18.9. The summed E-state index contributed by atoms with van der Waals surface area (Å²) in [5, 5.41) is 8.17. The topological polar surface area (TPSA) is 52.6 Å². The average molecular weight is 380 g/mol. The van der Waals surface area contributed by atoms with Crippen LogP contribution in [0.25, 0.3) is 0 Å². The van der Waals surface area contributed by atoms with Gasteiger partial charge in [0.05, 0.1) is 10.7 Å². The first-order chi connectivity index (χ1) is 12.5. The van der Waals surface area contributed by atoms with Gasteiger partial charge in [-0.05, 0) is 59.8 Å². The molecule has 0 saturated carbocycles. The van der Waals surface area contributed by atoms with Crippen LogP contribution in [0.2, 0.25) is 0 Å². The minimum Gasteiger partial charge on any atom is -0.356 e. The summed E-state index contributed by atoms with van der Waals surface area (Å²) in [6.45, 7) is 11.9. The van der Waals surface area contributed by atoms with E-state index in [0.29, 0.717) is 12.1 Å². The van der Waals surface area contributed by atoms with Crippen LogP contribution in [0.4, 0.5) is 0 Å². The van der Waals surface area contributed by atoms with E-state index in [9.17, 15) is 0 Å². The third-order valence-corrected chi connectivity index (χ3v) is 6.18. The van der Waals surface area contributed by atoms with Crippen LogP contribution in [0.1, 0.15) is 62.5 Å². The van der Waals surface area contributed by atoms with E-state index in [1.54, 1.807) is 0 Å². The Morgan fingerprint density at radius 2 is 1.81 bits per heavy atom. The molecule has 0 bridgehead atoms. The fourth-order valence-electron chi connectivity index (χ4n) is 3.60. The maximum atomic E-state index is 4.83. The highest BCUT2D eigenvalue weighted by Gasteiger charge is 2.15. The minimum absolute atomic E-state index is 0.566. The lowest BCUT2D eigenvalue weighted by Gasteiger charge is -2.30. The Balaban J connectivity index is 1.65. The molecule has 0 aliphatic heterocycles. The lowest BCUT2D eigenvalue weighted by Crippen LogP contribution is -2.45. The molecule has 2 N–H and O–H groups in total. The van der Waals surface area contributed by atoms with Gasteiger partial charge in [0.2, 0.25) is 0 Å². The summed E-state index contributed by atoms with van der Waals surface area (Å²) >= 11 is 1.93. The number of hydrogen-bond acceptors (Lipinski definition) is 4. The Hall–Kier alpha value is -1.14. The molecule has 0 unspecified atom stereocenters. The summed E-state index contributed by atoms with van der Waals surface area (Å²) in [6.07, 6.45) is 7.23. The van der Waals surface area contributed by atoms with Gasteiger partial charge in [0, 0.05) is 50.1 Å². The first-order valence-corrected chi connectivity index (χ1v) is 11.0. The maximum absolute atomic E-state index is 4.83. The van der Waals surface area contributed by atoms with E-state index < -0.39 is 0 Å². The molecule has 26 heavy (non-hydrogen) atoms. The van der Waals surface area contributed by atoms with Crippen molar-refractivity contribution in [2.45, 2.75) is 78.3 Å². The van der Waals surface area contributed by atoms with Crippen LogP contribution in [0.3, 0.4) is 0 Å². The fourth-order valence-corrected chi connectivity index (χ4v) is 4.79. The van der Waals surface area contributed by atoms with Gasteiger partial charge in [-0.1, -0.05) is 0 Å². The maximum Gasteiger partial charge on any atom is 0.191 e. The van der Waals surface area contributed by atoms with Crippen LogP contribution in [-0.4, -0.2) is 54.6 Å². The highest BCUT2D eigenvalue weighted by atomic mass is 32.1. The standard InChI is InChI=1S/C20H37N5S/c1-15(2)25(16(3)4)14-13-23-20(21-5)22-12-8-11-19-24-17-9-6-7-10-18(17)26-19/h15-16H,6-14H2,1-5H3,(H2,21,22,23). The van der Waals surface area contributed by atoms with E-state index in [4.69, 9.17) is 4.98 Å². The minimum atomic E-state index is 0.566. The number of hydrogen-bond donors (Lipinski definition) is 2. The largest absolute Gasteiger partial charge is 0.356 e. The Kier molecular flexibility index (Phi) is 8.85. The molecule has 0 fully saturated rings. The number of nitrogens with zero attached hydrogens (tertiary/aromatic N) is 3. The Morgan fingerprint density at radius 1 is 1.12 bits per heavy atom. The molecular formula is C20H37N5S. The molecule has 0 aromatic carbocycles. The first kappa shape index (κ1) is 21.2. The van der Waals surface area contributed by atoms with Crippen molar-refractivity contribution in [2.24, 2.45) is 4.99 Å². The lowest BCUT2D eigenvalue weighted by atomic mass is 10.0. The lowest BCUT2D eigenvalue weighted by molar-refractivity contribution is 0.178. The molecule has 1 aliphatic rings. The first-order valence-electron chi connectivity index (χ1n) is 10.2. The molecule has 1 aromatic rings. The van der Waals surface area contributed by atoms with E-state index in [2.05, 4.69) is 48.2 Å². The Labute approximate surface area is 163 Å². The Morgan fingerprint density at radius 3 is 2.46 bits per heavy atom. The van der Waals surface area contributed by atoms with Crippen molar-refractivity contribution in [3.05, 3.63) is 15.6 Å². The second-order valence-electron chi connectivity index (χ2n) is 7.64. The van der Waals surface area contributed by atoms with Crippen molar-refractivity contribution in [3.63, 3.8) is 0 Å². The Bertz CT molecular complexity index is 533. The fraction of sp³-hybridized carbons (Fsp3) is 0.800. The number of rotatable bonds is 9. The van der Waals surface area contributed by atoms with Gasteiger partial charge in [0.1, 0.15) is 0 Å².